The third kappa shape index (κ3) is 3.35. The lowest BCUT2D eigenvalue weighted by molar-refractivity contribution is 0.342. The van der Waals surface area contributed by atoms with E-state index < -0.39 is 0 Å². The van der Waals surface area contributed by atoms with Crippen LogP contribution in [-0.4, -0.2) is 18.6 Å². The van der Waals surface area contributed by atoms with Crippen molar-refractivity contribution in [3.8, 4) is 5.75 Å². The van der Waals surface area contributed by atoms with Gasteiger partial charge in [0.2, 0.25) is 5.96 Å². The standard InChI is InChI=1S/C12H18N4O/c1-2-17-11-6-4-3-5-10(11)15-12(16-13)14-9-7-8-9/h3-6,9H,2,7-8,13H2,1H3,(H2,14,15,16). The number of ether oxygens (including phenoxy) is 1. The van der Waals surface area contributed by atoms with Crippen LogP contribution in [0.5, 0.6) is 5.75 Å². The average molecular weight is 234 g/mol. The first-order valence-corrected chi connectivity index (χ1v) is 5.86. The van der Waals surface area contributed by atoms with E-state index in [0.29, 0.717) is 18.6 Å². The van der Waals surface area contributed by atoms with E-state index in [9.17, 15) is 0 Å². The maximum Gasteiger partial charge on any atom is 0.210 e. The largest absolute Gasteiger partial charge is 0.492 e. The summed E-state index contributed by atoms with van der Waals surface area (Å²) in [5.74, 6) is 6.82. The van der Waals surface area contributed by atoms with Crippen molar-refractivity contribution in [3.05, 3.63) is 24.3 Å². The molecule has 0 bridgehead atoms. The van der Waals surface area contributed by atoms with Gasteiger partial charge in [-0.2, -0.15) is 0 Å². The number of hydrogen-bond donors (Lipinski definition) is 3. The van der Waals surface area contributed by atoms with Crippen LogP contribution in [0.3, 0.4) is 0 Å². The molecule has 1 aliphatic carbocycles. The molecule has 0 amide bonds. The lowest BCUT2D eigenvalue weighted by Gasteiger charge is -2.13. The van der Waals surface area contributed by atoms with E-state index in [1.54, 1.807) is 0 Å². The predicted molar refractivity (Wildman–Crippen MR) is 69.0 cm³/mol. The first-order chi connectivity index (χ1) is 8.33. The van der Waals surface area contributed by atoms with Crippen LogP contribution in [0.1, 0.15) is 19.8 Å². The van der Waals surface area contributed by atoms with E-state index in [2.05, 4.69) is 15.7 Å². The second-order valence-electron chi connectivity index (χ2n) is 3.91. The van der Waals surface area contributed by atoms with E-state index in [4.69, 9.17) is 10.6 Å². The molecule has 1 saturated carbocycles. The van der Waals surface area contributed by atoms with Gasteiger partial charge in [0.25, 0.3) is 0 Å². The first kappa shape index (κ1) is 11.7. The third-order valence-corrected chi connectivity index (χ3v) is 2.44. The van der Waals surface area contributed by atoms with Crippen LogP contribution in [0.4, 0.5) is 5.69 Å². The number of para-hydroxylation sites is 2. The maximum absolute atomic E-state index is 5.52. The molecule has 1 aromatic carbocycles. The minimum Gasteiger partial charge on any atom is -0.492 e. The van der Waals surface area contributed by atoms with Crippen LogP contribution < -0.4 is 21.3 Å². The van der Waals surface area contributed by atoms with Crippen LogP contribution in [0.15, 0.2) is 29.3 Å². The fourth-order valence-electron chi connectivity index (χ4n) is 1.47. The summed E-state index contributed by atoms with van der Waals surface area (Å²) in [5, 5.41) is 3.14. The summed E-state index contributed by atoms with van der Waals surface area (Å²) in [7, 11) is 0. The lowest BCUT2D eigenvalue weighted by atomic mass is 10.3. The summed E-state index contributed by atoms with van der Waals surface area (Å²) in [6.45, 7) is 2.58. The number of benzene rings is 1. The van der Waals surface area contributed by atoms with Gasteiger partial charge >= 0.3 is 0 Å². The Morgan fingerprint density at radius 3 is 2.88 bits per heavy atom. The normalized spacial score (nSPS) is 15.5. The SMILES string of the molecule is CCOc1ccccc1NC(=NC1CC1)NN. The van der Waals surface area contributed by atoms with Crippen molar-refractivity contribution < 1.29 is 4.74 Å². The van der Waals surface area contributed by atoms with Crippen LogP contribution in [0.2, 0.25) is 0 Å². The Morgan fingerprint density at radius 2 is 2.24 bits per heavy atom. The molecule has 4 N–H and O–H groups in total. The van der Waals surface area contributed by atoms with Gasteiger partial charge in [-0.3, -0.25) is 5.43 Å². The van der Waals surface area contributed by atoms with Crippen LogP contribution >= 0.6 is 0 Å². The highest BCUT2D eigenvalue weighted by atomic mass is 16.5. The number of rotatable bonds is 4. The second-order valence-corrected chi connectivity index (χ2v) is 3.91. The van der Waals surface area contributed by atoms with E-state index in [0.717, 1.165) is 24.3 Å². The van der Waals surface area contributed by atoms with Gasteiger partial charge in [-0.1, -0.05) is 12.1 Å². The third-order valence-electron chi connectivity index (χ3n) is 2.44. The zero-order valence-corrected chi connectivity index (χ0v) is 9.94. The van der Waals surface area contributed by atoms with E-state index >= 15 is 0 Å². The molecule has 0 radical (unpaired) electrons. The predicted octanol–water partition coefficient (Wildman–Crippen LogP) is 1.48. The fourth-order valence-corrected chi connectivity index (χ4v) is 1.47. The number of nitrogens with zero attached hydrogens (tertiary/aromatic N) is 1. The van der Waals surface area contributed by atoms with E-state index in [-0.39, 0.29) is 0 Å². The monoisotopic (exact) mass is 234 g/mol. The summed E-state index contributed by atoms with van der Waals surface area (Å²) in [5.41, 5.74) is 3.44. The molecule has 5 nitrogen and oxygen atoms in total. The Labute approximate surface area is 101 Å². The van der Waals surface area contributed by atoms with Gasteiger partial charge in [-0.15, -0.1) is 0 Å². The minimum absolute atomic E-state index is 0.410. The van der Waals surface area contributed by atoms with Crippen molar-refractivity contribution in [2.24, 2.45) is 10.8 Å². The topological polar surface area (TPSA) is 71.7 Å². The number of hydrogen-bond acceptors (Lipinski definition) is 3. The summed E-state index contributed by atoms with van der Waals surface area (Å²) in [4.78, 5) is 4.42. The molecule has 0 saturated heterocycles. The van der Waals surface area contributed by atoms with Crippen molar-refractivity contribution in [2.75, 3.05) is 11.9 Å². The fraction of sp³-hybridized carbons (Fsp3) is 0.417. The van der Waals surface area contributed by atoms with Crippen molar-refractivity contribution >= 4 is 11.6 Å². The molecule has 0 atom stereocenters. The molecule has 0 aliphatic heterocycles. The highest BCUT2D eigenvalue weighted by Gasteiger charge is 2.21. The van der Waals surface area contributed by atoms with Gasteiger partial charge in [0.05, 0.1) is 18.3 Å². The molecule has 2 rings (SSSR count). The van der Waals surface area contributed by atoms with Crippen molar-refractivity contribution in [2.45, 2.75) is 25.8 Å². The van der Waals surface area contributed by atoms with Crippen LogP contribution in [-0.2, 0) is 0 Å². The molecule has 0 spiro atoms. The van der Waals surface area contributed by atoms with Gasteiger partial charge in [0.1, 0.15) is 5.75 Å². The van der Waals surface area contributed by atoms with Gasteiger partial charge < -0.3 is 10.1 Å². The Hall–Kier alpha value is -1.75. The number of guanidine groups is 1. The highest BCUT2D eigenvalue weighted by Crippen LogP contribution is 2.25. The van der Waals surface area contributed by atoms with Gasteiger partial charge in [0, 0.05) is 0 Å². The summed E-state index contributed by atoms with van der Waals surface area (Å²) < 4.78 is 5.52. The lowest BCUT2D eigenvalue weighted by Crippen LogP contribution is -2.36. The Bertz CT molecular complexity index is 401. The zero-order chi connectivity index (χ0) is 12.1. The Balaban J connectivity index is 2.10. The molecular weight excluding hydrogens is 216 g/mol. The minimum atomic E-state index is 0.410. The van der Waals surface area contributed by atoms with E-state index in [1.807, 2.05) is 31.2 Å². The van der Waals surface area contributed by atoms with Gasteiger partial charge in [-0.05, 0) is 31.9 Å². The van der Waals surface area contributed by atoms with E-state index in [1.165, 1.54) is 0 Å². The molecule has 92 valence electrons. The number of nitrogens with two attached hydrogens (primary N) is 1. The molecule has 1 aliphatic rings. The molecule has 1 aromatic rings. The highest BCUT2D eigenvalue weighted by molar-refractivity contribution is 5.94. The molecule has 1 fully saturated rings. The average Bonchev–Trinajstić information content (AvgIpc) is 3.15. The van der Waals surface area contributed by atoms with Crippen molar-refractivity contribution in [1.29, 1.82) is 0 Å². The number of aliphatic imine (C=N–C) groups is 1. The number of nitrogens with one attached hydrogen (secondary N) is 2. The zero-order valence-electron chi connectivity index (χ0n) is 9.94. The summed E-state index contributed by atoms with van der Waals surface area (Å²) in [6, 6.07) is 8.13. The molecule has 5 heteroatoms. The Kier molecular flexibility index (Phi) is 3.82. The number of hydrazine groups is 1. The van der Waals surface area contributed by atoms with Crippen molar-refractivity contribution in [1.82, 2.24) is 5.43 Å². The first-order valence-electron chi connectivity index (χ1n) is 5.86. The van der Waals surface area contributed by atoms with Gasteiger partial charge in [-0.25, -0.2) is 10.8 Å². The smallest absolute Gasteiger partial charge is 0.210 e. The quantitative estimate of drug-likeness (QED) is 0.319. The molecule has 0 aromatic heterocycles. The molecule has 0 unspecified atom stereocenters. The van der Waals surface area contributed by atoms with Crippen LogP contribution in [0, 0.1) is 0 Å². The molecule has 17 heavy (non-hydrogen) atoms. The second kappa shape index (κ2) is 5.54. The molecular formula is C12H18N4O. The number of anilines is 1. The van der Waals surface area contributed by atoms with Gasteiger partial charge in [0.15, 0.2) is 0 Å². The Morgan fingerprint density at radius 1 is 1.47 bits per heavy atom. The van der Waals surface area contributed by atoms with Crippen LogP contribution in [0.25, 0.3) is 0 Å². The summed E-state index contributed by atoms with van der Waals surface area (Å²) >= 11 is 0. The summed E-state index contributed by atoms with van der Waals surface area (Å²) in [6.07, 6.45) is 2.28. The molecule has 0 heterocycles. The van der Waals surface area contributed by atoms with Crippen molar-refractivity contribution in [3.63, 3.8) is 0 Å². The maximum atomic E-state index is 5.52.